The molecule has 10 nitrogen and oxygen atoms in total. The van der Waals surface area contributed by atoms with E-state index in [1.807, 2.05) is 50.1 Å². The molecular weight excluding hydrogens is 581 g/mol. The van der Waals surface area contributed by atoms with Gasteiger partial charge in [0, 0.05) is 38.7 Å². The van der Waals surface area contributed by atoms with Gasteiger partial charge in [0.2, 0.25) is 5.91 Å². The van der Waals surface area contributed by atoms with E-state index >= 15 is 0 Å². The second-order valence-corrected chi connectivity index (χ2v) is 11.4. The molecule has 3 heterocycles. The molecule has 12 heteroatoms. The molecule has 0 bridgehead atoms. The van der Waals surface area contributed by atoms with Gasteiger partial charge in [-0.1, -0.05) is 6.58 Å². The van der Waals surface area contributed by atoms with Crippen LogP contribution >= 0.6 is 11.3 Å². The third kappa shape index (κ3) is 7.16. The van der Waals surface area contributed by atoms with Gasteiger partial charge in [-0.15, -0.1) is 0 Å². The predicted molar refractivity (Wildman–Crippen MR) is 174 cm³/mol. The Morgan fingerprint density at radius 1 is 1.16 bits per heavy atom. The first-order chi connectivity index (χ1) is 21.2. The van der Waals surface area contributed by atoms with Crippen molar-refractivity contribution in [1.82, 2.24) is 14.9 Å². The van der Waals surface area contributed by atoms with Gasteiger partial charge in [0.15, 0.2) is 5.82 Å². The lowest BCUT2D eigenvalue weighted by Gasteiger charge is -2.26. The summed E-state index contributed by atoms with van der Waals surface area (Å²) in [6.07, 6.45) is 3.34. The number of hydrogen-bond acceptors (Lipinski definition) is 10. The molecule has 1 saturated heterocycles. The number of hydrogen-bond donors (Lipinski definition) is 2. The fourth-order valence-electron chi connectivity index (χ4n) is 4.98. The minimum absolute atomic E-state index is 0.238. The van der Waals surface area contributed by atoms with Crippen LogP contribution in [0.15, 0.2) is 72.2 Å². The molecule has 2 aromatic heterocycles. The largest absolute Gasteiger partial charge is 0.494 e. The van der Waals surface area contributed by atoms with Crippen LogP contribution in [0.1, 0.15) is 18.0 Å². The Kier molecular flexibility index (Phi) is 9.73. The van der Waals surface area contributed by atoms with Gasteiger partial charge < -0.3 is 25.2 Å². The molecule has 5 rings (SSSR count). The van der Waals surface area contributed by atoms with Gasteiger partial charge in [0.05, 0.1) is 36.8 Å². The van der Waals surface area contributed by atoms with Crippen molar-refractivity contribution in [2.75, 3.05) is 68.5 Å². The number of thiophene rings is 1. The fourth-order valence-corrected chi connectivity index (χ4v) is 5.64. The summed E-state index contributed by atoms with van der Waals surface area (Å²) in [7, 11) is 7.56. The number of carbonyl (C=O) groups excluding carboxylic acids is 1. The molecule has 4 aromatic rings. The van der Waals surface area contributed by atoms with Crippen molar-refractivity contribution in [2.24, 2.45) is 0 Å². The topological polar surface area (TPSA) is 95.1 Å². The summed E-state index contributed by atoms with van der Waals surface area (Å²) in [5.41, 5.74) is 4.56. The van der Waals surface area contributed by atoms with Crippen molar-refractivity contribution in [3.63, 3.8) is 0 Å². The maximum atomic E-state index is 14.7. The van der Waals surface area contributed by atoms with Crippen molar-refractivity contribution >= 4 is 45.9 Å². The number of anilines is 5. The van der Waals surface area contributed by atoms with E-state index in [-0.39, 0.29) is 17.8 Å². The molecule has 1 atom stereocenters. The van der Waals surface area contributed by atoms with Crippen molar-refractivity contribution in [2.45, 2.75) is 12.5 Å². The van der Waals surface area contributed by atoms with E-state index in [1.165, 1.54) is 12.4 Å². The molecule has 0 saturated carbocycles. The number of benzene rings is 2. The number of halogens is 1. The highest BCUT2D eigenvalue weighted by Gasteiger charge is 2.30. The van der Waals surface area contributed by atoms with Crippen LogP contribution in [-0.2, 0) is 9.63 Å². The summed E-state index contributed by atoms with van der Waals surface area (Å²) < 4.78 is 20.5. The number of amides is 1. The van der Waals surface area contributed by atoms with Gasteiger partial charge in [0.25, 0.3) is 0 Å². The predicted octanol–water partition coefficient (Wildman–Crippen LogP) is 6.10. The highest BCUT2D eigenvalue weighted by molar-refractivity contribution is 7.08. The van der Waals surface area contributed by atoms with Crippen molar-refractivity contribution < 1.29 is 18.8 Å². The lowest BCUT2D eigenvalue weighted by Crippen LogP contribution is -2.29. The summed E-state index contributed by atoms with van der Waals surface area (Å²) >= 11 is 1.57. The van der Waals surface area contributed by atoms with Crippen LogP contribution in [0.5, 0.6) is 5.75 Å². The SMILES string of the molecule is C=CC(=O)Nc1cc(Nc2cc(N3OCC[C@@H]3c3cc(F)cc(-c4ccsc4)c3)ncn2)c(OC)cc1N(C)CCN(C)C. The molecule has 0 spiro atoms. The molecule has 44 heavy (non-hydrogen) atoms. The monoisotopic (exact) mass is 617 g/mol. The molecule has 1 amide bonds. The second kappa shape index (κ2) is 13.8. The van der Waals surface area contributed by atoms with E-state index < -0.39 is 0 Å². The standard InChI is InChI=1S/C32H36FN7O3S/c1-6-32(41)37-25-16-26(29(42-5)17-28(25)39(4)10-9-38(2)3)36-30-18-31(35-20-34-30)40-27(7-11-43-40)23-13-22(14-24(33)15-23)21-8-12-44-19-21/h6,8,12-20,27H,1,7,9-11H2,2-5H3,(H,37,41)(H,34,35,36)/t27-/m1/s1. The molecule has 2 N–H and O–H groups in total. The number of rotatable bonds is 12. The van der Waals surface area contributed by atoms with Crippen LogP contribution in [0, 0.1) is 5.82 Å². The van der Waals surface area contributed by atoms with Gasteiger partial charge in [0.1, 0.15) is 23.7 Å². The summed E-state index contributed by atoms with van der Waals surface area (Å²) in [6.45, 7) is 5.60. The summed E-state index contributed by atoms with van der Waals surface area (Å²) in [5.74, 6) is 0.928. The normalized spacial score (nSPS) is 14.5. The highest BCUT2D eigenvalue weighted by Crippen LogP contribution is 2.40. The van der Waals surface area contributed by atoms with Crippen molar-refractivity contribution in [1.29, 1.82) is 0 Å². The van der Waals surface area contributed by atoms with Gasteiger partial charge in [-0.05, 0) is 78.0 Å². The Labute approximate surface area is 260 Å². The Hall–Kier alpha value is -4.52. The number of nitrogens with one attached hydrogen (secondary N) is 2. The molecule has 0 radical (unpaired) electrons. The second-order valence-electron chi connectivity index (χ2n) is 10.6. The summed E-state index contributed by atoms with van der Waals surface area (Å²) in [6, 6.07) is 12.3. The first kappa shape index (κ1) is 30.9. The number of ether oxygens (including phenoxy) is 1. The van der Waals surface area contributed by atoms with Crippen LogP contribution in [0.3, 0.4) is 0 Å². The third-order valence-corrected chi connectivity index (χ3v) is 7.94. The number of carbonyl (C=O) groups is 1. The Balaban J connectivity index is 1.43. The van der Waals surface area contributed by atoms with Crippen molar-refractivity contribution in [3.8, 4) is 16.9 Å². The molecule has 0 unspecified atom stereocenters. The van der Waals surface area contributed by atoms with E-state index in [0.29, 0.717) is 41.8 Å². The van der Waals surface area contributed by atoms with Crippen LogP contribution in [0.4, 0.5) is 33.1 Å². The quantitative estimate of drug-likeness (QED) is 0.183. The Morgan fingerprint density at radius 3 is 2.73 bits per heavy atom. The number of nitrogens with zero attached hydrogens (tertiary/aromatic N) is 5. The zero-order valence-electron chi connectivity index (χ0n) is 25.2. The van der Waals surface area contributed by atoms with Gasteiger partial charge in [-0.2, -0.15) is 11.3 Å². The van der Waals surface area contributed by atoms with E-state index in [2.05, 4.69) is 37.0 Å². The Bertz CT molecular complexity index is 1620. The number of hydroxylamine groups is 1. The van der Waals surface area contributed by atoms with Crippen LogP contribution < -0.4 is 25.3 Å². The van der Waals surface area contributed by atoms with Crippen molar-refractivity contribution in [3.05, 3.63) is 83.6 Å². The lowest BCUT2D eigenvalue weighted by atomic mass is 9.99. The van der Waals surface area contributed by atoms with E-state index in [4.69, 9.17) is 9.57 Å². The van der Waals surface area contributed by atoms with E-state index in [1.54, 1.807) is 47.8 Å². The molecule has 1 aliphatic rings. The lowest BCUT2D eigenvalue weighted by molar-refractivity contribution is -0.111. The number of aromatic nitrogens is 2. The Morgan fingerprint density at radius 2 is 2.00 bits per heavy atom. The number of methoxy groups -OCH3 is 1. The minimum atomic E-state index is -0.329. The van der Waals surface area contributed by atoms with Gasteiger partial charge in [-0.3, -0.25) is 9.63 Å². The maximum absolute atomic E-state index is 14.7. The van der Waals surface area contributed by atoms with Gasteiger partial charge in [-0.25, -0.2) is 19.4 Å². The highest BCUT2D eigenvalue weighted by atomic mass is 32.1. The molecule has 1 fully saturated rings. The molecular formula is C32H36FN7O3S. The summed E-state index contributed by atoms with van der Waals surface area (Å²) in [4.78, 5) is 31.3. The number of likely N-dealkylation sites (N-methyl/N-ethyl adjacent to an activating group) is 2. The average Bonchev–Trinajstić information content (AvgIpc) is 3.73. The zero-order chi connectivity index (χ0) is 31.2. The smallest absolute Gasteiger partial charge is 0.247 e. The zero-order valence-corrected chi connectivity index (χ0v) is 26.0. The molecule has 230 valence electrons. The van der Waals surface area contributed by atoms with Crippen LogP contribution in [-0.4, -0.2) is 68.7 Å². The average molecular weight is 618 g/mol. The van der Waals surface area contributed by atoms with Crippen LogP contribution in [0.25, 0.3) is 11.1 Å². The van der Waals surface area contributed by atoms with E-state index in [9.17, 15) is 9.18 Å². The first-order valence-electron chi connectivity index (χ1n) is 14.1. The molecule has 0 aliphatic carbocycles. The first-order valence-corrected chi connectivity index (χ1v) is 15.1. The molecule has 1 aliphatic heterocycles. The van der Waals surface area contributed by atoms with Crippen LogP contribution in [0.2, 0.25) is 0 Å². The third-order valence-electron chi connectivity index (χ3n) is 7.26. The van der Waals surface area contributed by atoms with E-state index in [0.717, 1.165) is 35.5 Å². The van der Waals surface area contributed by atoms with Gasteiger partial charge >= 0.3 is 0 Å². The maximum Gasteiger partial charge on any atom is 0.247 e. The molecule has 2 aromatic carbocycles. The summed E-state index contributed by atoms with van der Waals surface area (Å²) in [5, 5.41) is 11.9. The fraction of sp³-hybridized carbons (Fsp3) is 0.281. The minimum Gasteiger partial charge on any atom is -0.494 e.